The van der Waals surface area contributed by atoms with Gasteiger partial charge in [-0.05, 0) is 38.5 Å². The van der Waals surface area contributed by atoms with Gasteiger partial charge in [-0.2, -0.15) is 0 Å². The van der Waals surface area contributed by atoms with Gasteiger partial charge in [-0.3, -0.25) is 4.79 Å². The molecule has 1 fully saturated rings. The lowest BCUT2D eigenvalue weighted by molar-refractivity contribution is -0.928. The van der Waals surface area contributed by atoms with E-state index in [1.165, 1.54) is 4.90 Å². The molecule has 1 aliphatic heterocycles. The summed E-state index contributed by atoms with van der Waals surface area (Å²) in [4.78, 5) is 13.7. The van der Waals surface area contributed by atoms with Gasteiger partial charge in [-0.1, -0.05) is 6.07 Å². The molecule has 0 saturated carbocycles. The zero-order valence-corrected chi connectivity index (χ0v) is 15.2. The number of carbonyl (C=O) groups excluding carboxylic acids is 1. The Balaban J connectivity index is 1.92. The van der Waals surface area contributed by atoms with Crippen molar-refractivity contribution >= 4 is 5.91 Å². The van der Waals surface area contributed by atoms with Gasteiger partial charge in [0.25, 0.3) is 5.91 Å². The molecule has 24 heavy (non-hydrogen) atoms. The Morgan fingerprint density at radius 1 is 1.25 bits per heavy atom. The minimum absolute atomic E-state index is 0.0566. The number of nitrogens with one attached hydrogen (secondary N) is 2. The van der Waals surface area contributed by atoms with Crippen LogP contribution in [0.2, 0.25) is 0 Å². The molecule has 0 spiro atoms. The number of hydrogen-bond acceptors (Lipinski definition) is 4. The van der Waals surface area contributed by atoms with E-state index < -0.39 is 0 Å². The highest BCUT2D eigenvalue weighted by Gasteiger charge is 2.32. The number of amides is 1. The van der Waals surface area contributed by atoms with Crippen molar-refractivity contribution in [3.05, 3.63) is 23.8 Å². The molecule has 1 aliphatic rings. The van der Waals surface area contributed by atoms with Crippen molar-refractivity contribution in [1.82, 2.24) is 5.32 Å². The predicted molar refractivity (Wildman–Crippen MR) is 91.6 cm³/mol. The lowest BCUT2D eigenvalue weighted by Gasteiger charge is -2.35. The molecule has 0 aliphatic carbocycles. The van der Waals surface area contributed by atoms with Crippen LogP contribution < -0.4 is 19.7 Å². The maximum atomic E-state index is 12.5. The monoisotopic (exact) mass is 337 g/mol. The number of methoxy groups -OCH3 is 2. The standard InChI is InChI=1S/C18H28N2O4/c1-12-10-20(11-13(2)24-12)14(3)18(21)19-9-15-6-7-16(22-4)17(8-15)23-5/h6-8,12-14H,9-11H2,1-5H3,(H,19,21)/p+1/t12-,13-,14+/m1/s1. The highest BCUT2D eigenvalue weighted by Crippen LogP contribution is 2.27. The van der Waals surface area contributed by atoms with Gasteiger partial charge >= 0.3 is 0 Å². The molecule has 6 nitrogen and oxygen atoms in total. The Labute approximate surface area is 144 Å². The first-order chi connectivity index (χ1) is 11.4. The molecule has 3 atom stereocenters. The van der Waals surface area contributed by atoms with E-state index in [9.17, 15) is 4.79 Å². The third kappa shape index (κ3) is 4.61. The van der Waals surface area contributed by atoms with Gasteiger partial charge in [-0.25, -0.2) is 0 Å². The van der Waals surface area contributed by atoms with E-state index in [0.717, 1.165) is 18.7 Å². The van der Waals surface area contributed by atoms with Crippen molar-refractivity contribution in [2.24, 2.45) is 0 Å². The molecule has 1 aromatic rings. The molecule has 6 heteroatoms. The van der Waals surface area contributed by atoms with Crippen molar-refractivity contribution in [3.8, 4) is 11.5 Å². The average molecular weight is 337 g/mol. The van der Waals surface area contributed by atoms with Gasteiger partial charge in [0.15, 0.2) is 17.5 Å². The zero-order valence-electron chi connectivity index (χ0n) is 15.2. The van der Waals surface area contributed by atoms with Gasteiger partial charge in [0.1, 0.15) is 25.3 Å². The summed E-state index contributed by atoms with van der Waals surface area (Å²) in [6.45, 7) is 8.28. The number of quaternary nitrogens is 1. The highest BCUT2D eigenvalue weighted by molar-refractivity contribution is 5.79. The Morgan fingerprint density at radius 3 is 2.46 bits per heavy atom. The third-order valence-electron chi connectivity index (χ3n) is 4.48. The summed E-state index contributed by atoms with van der Waals surface area (Å²) in [6.07, 6.45) is 0.370. The molecule has 2 N–H and O–H groups in total. The number of ether oxygens (including phenoxy) is 3. The maximum absolute atomic E-state index is 12.5. The van der Waals surface area contributed by atoms with Crippen molar-refractivity contribution in [2.75, 3.05) is 27.3 Å². The van der Waals surface area contributed by atoms with Gasteiger partial charge in [0.05, 0.1) is 14.2 Å². The van der Waals surface area contributed by atoms with Crippen molar-refractivity contribution < 1.29 is 23.9 Å². The second-order valence-corrected chi connectivity index (χ2v) is 6.45. The smallest absolute Gasteiger partial charge is 0.278 e. The SMILES string of the molecule is COc1ccc(CNC(=O)[C@H](C)[NH+]2C[C@@H](C)O[C@H](C)C2)cc1OC. The van der Waals surface area contributed by atoms with Gasteiger partial charge in [0, 0.05) is 6.54 Å². The fourth-order valence-corrected chi connectivity index (χ4v) is 3.19. The van der Waals surface area contributed by atoms with Crippen LogP contribution in [0.5, 0.6) is 11.5 Å². The first kappa shape index (κ1) is 18.5. The van der Waals surface area contributed by atoms with Crippen molar-refractivity contribution in [3.63, 3.8) is 0 Å². The molecule has 1 amide bonds. The van der Waals surface area contributed by atoms with E-state index in [2.05, 4.69) is 19.2 Å². The van der Waals surface area contributed by atoms with Gasteiger partial charge < -0.3 is 24.4 Å². The summed E-state index contributed by atoms with van der Waals surface area (Å²) in [6, 6.07) is 5.56. The second-order valence-electron chi connectivity index (χ2n) is 6.45. The minimum Gasteiger partial charge on any atom is -0.493 e. The molecule has 2 rings (SSSR count). The Morgan fingerprint density at radius 2 is 1.88 bits per heavy atom. The van der Waals surface area contributed by atoms with E-state index in [-0.39, 0.29) is 24.2 Å². The lowest BCUT2D eigenvalue weighted by atomic mass is 10.1. The third-order valence-corrected chi connectivity index (χ3v) is 4.48. The van der Waals surface area contributed by atoms with Crippen molar-refractivity contribution in [2.45, 2.75) is 45.6 Å². The van der Waals surface area contributed by atoms with Crippen LogP contribution in [0.15, 0.2) is 18.2 Å². The van der Waals surface area contributed by atoms with Gasteiger partial charge in [0.2, 0.25) is 0 Å². The van der Waals surface area contributed by atoms with Crippen LogP contribution in [0.4, 0.5) is 0 Å². The quantitative estimate of drug-likeness (QED) is 0.789. The molecule has 0 unspecified atom stereocenters. The largest absolute Gasteiger partial charge is 0.493 e. The van der Waals surface area contributed by atoms with Crippen LogP contribution in [0.25, 0.3) is 0 Å². The molecular formula is C18H29N2O4+. The summed E-state index contributed by atoms with van der Waals surface area (Å²) >= 11 is 0. The Hall–Kier alpha value is -1.79. The summed E-state index contributed by atoms with van der Waals surface area (Å²) in [7, 11) is 3.21. The first-order valence-corrected chi connectivity index (χ1v) is 8.43. The number of morpholine rings is 1. The Bertz CT molecular complexity index is 554. The van der Waals surface area contributed by atoms with Gasteiger partial charge in [-0.15, -0.1) is 0 Å². The second kappa shape index (κ2) is 8.35. The van der Waals surface area contributed by atoms with Crippen LogP contribution in [-0.2, 0) is 16.1 Å². The topological polar surface area (TPSA) is 61.2 Å². The number of hydrogen-bond donors (Lipinski definition) is 2. The molecule has 134 valence electrons. The normalized spacial score (nSPS) is 25.0. The maximum Gasteiger partial charge on any atom is 0.278 e. The summed E-state index contributed by atoms with van der Waals surface area (Å²) in [5, 5.41) is 3.02. The van der Waals surface area contributed by atoms with E-state index >= 15 is 0 Å². The molecule has 1 aromatic carbocycles. The van der Waals surface area contributed by atoms with Crippen LogP contribution in [0.1, 0.15) is 26.3 Å². The van der Waals surface area contributed by atoms with E-state index in [0.29, 0.717) is 18.0 Å². The molecule has 0 bridgehead atoms. The fraction of sp³-hybridized carbons (Fsp3) is 0.611. The average Bonchev–Trinajstić information content (AvgIpc) is 2.57. The Kier molecular flexibility index (Phi) is 6.45. The van der Waals surface area contributed by atoms with Crippen LogP contribution in [-0.4, -0.2) is 51.5 Å². The fourth-order valence-electron chi connectivity index (χ4n) is 3.19. The number of benzene rings is 1. The van der Waals surface area contributed by atoms with Crippen molar-refractivity contribution in [1.29, 1.82) is 0 Å². The minimum atomic E-state index is -0.0982. The lowest BCUT2D eigenvalue weighted by Crippen LogP contribution is -3.19. The molecule has 1 heterocycles. The summed E-state index contributed by atoms with van der Waals surface area (Å²) in [5.41, 5.74) is 0.979. The van der Waals surface area contributed by atoms with E-state index in [1.807, 2.05) is 25.1 Å². The molecule has 0 radical (unpaired) electrons. The summed E-state index contributed by atoms with van der Waals surface area (Å²) < 4.78 is 16.3. The van der Waals surface area contributed by atoms with E-state index in [4.69, 9.17) is 14.2 Å². The van der Waals surface area contributed by atoms with Crippen LogP contribution in [0.3, 0.4) is 0 Å². The predicted octanol–water partition coefficient (Wildman–Crippen LogP) is 0.401. The van der Waals surface area contributed by atoms with Crippen LogP contribution >= 0.6 is 0 Å². The number of carbonyl (C=O) groups is 1. The molecule has 0 aromatic heterocycles. The van der Waals surface area contributed by atoms with Crippen LogP contribution in [0, 0.1) is 0 Å². The number of rotatable bonds is 6. The highest BCUT2D eigenvalue weighted by atomic mass is 16.5. The zero-order chi connectivity index (χ0) is 17.7. The molecule has 1 saturated heterocycles. The first-order valence-electron chi connectivity index (χ1n) is 8.43. The summed E-state index contributed by atoms with van der Waals surface area (Å²) in [5.74, 6) is 1.40. The van der Waals surface area contributed by atoms with E-state index in [1.54, 1.807) is 14.2 Å². The molecular weight excluding hydrogens is 308 g/mol.